The second kappa shape index (κ2) is 7.24. The third-order valence-electron chi connectivity index (χ3n) is 4.15. The van der Waals surface area contributed by atoms with Gasteiger partial charge in [0.2, 0.25) is 11.8 Å². The van der Waals surface area contributed by atoms with Crippen LogP contribution >= 0.6 is 0 Å². The third kappa shape index (κ3) is 3.96. The Balaban J connectivity index is 1.93. The number of likely N-dealkylation sites (tertiary alicyclic amines) is 1. The van der Waals surface area contributed by atoms with Crippen LogP contribution in [0.15, 0.2) is 24.3 Å². The van der Waals surface area contributed by atoms with Crippen molar-refractivity contribution in [3.63, 3.8) is 0 Å². The second-order valence-corrected chi connectivity index (χ2v) is 5.55. The standard InChI is InChI=1S/C16H22FN3O2/c1-2-19(14-5-3-13(17)4-6-14)11-15(21)20-9-7-12(8-10-20)16(18)22/h3-6,12H,2,7-11H2,1H3,(H2,18,22). The first kappa shape index (κ1) is 16.3. The van der Waals surface area contributed by atoms with Gasteiger partial charge in [-0.3, -0.25) is 9.59 Å². The van der Waals surface area contributed by atoms with Crippen LogP contribution in [0.25, 0.3) is 0 Å². The Labute approximate surface area is 129 Å². The van der Waals surface area contributed by atoms with Crippen LogP contribution in [-0.2, 0) is 9.59 Å². The van der Waals surface area contributed by atoms with Crippen LogP contribution in [0.4, 0.5) is 10.1 Å². The molecule has 0 saturated carbocycles. The average Bonchev–Trinajstić information content (AvgIpc) is 2.53. The van der Waals surface area contributed by atoms with E-state index in [1.807, 2.05) is 11.8 Å². The number of hydrogen-bond acceptors (Lipinski definition) is 3. The van der Waals surface area contributed by atoms with Gasteiger partial charge in [0.25, 0.3) is 0 Å². The van der Waals surface area contributed by atoms with Gasteiger partial charge in [0.05, 0.1) is 6.54 Å². The first-order valence-corrected chi connectivity index (χ1v) is 7.59. The number of likely N-dealkylation sites (N-methyl/N-ethyl adjacent to an activating group) is 1. The topological polar surface area (TPSA) is 66.6 Å². The lowest BCUT2D eigenvalue weighted by Crippen LogP contribution is -2.46. The highest BCUT2D eigenvalue weighted by atomic mass is 19.1. The van der Waals surface area contributed by atoms with Crippen LogP contribution in [0.5, 0.6) is 0 Å². The van der Waals surface area contributed by atoms with Gasteiger partial charge >= 0.3 is 0 Å². The molecule has 0 aromatic heterocycles. The third-order valence-corrected chi connectivity index (χ3v) is 4.15. The van der Waals surface area contributed by atoms with E-state index in [2.05, 4.69) is 0 Å². The molecule has 1 aromatic rings. The van der Waals surface area contributed by atoms with Crippen LogP contribution in [-0.4, -0.2) is 42.9 Å². The van der Waals surface area contributed by atoms with Gasteiger partial charge in [-0.05, 0) is 44.0 Å². The number of nitrogens with two attached hydrogens (primary N) is 1. The Kier molecular flexibility index (Phi) is 5.35. The summed E-state index contributed by atoms with van der Waals surface area (Å²) in [6, 6.07) is 6.12. The van der Waals surface area contributed by atoms with Gasteiger partial charge in [-0.2, -0.15) is 0 Å². The number of rotatable bonds is 5. The van der Waals surface area contributed by atoms with Gasteiger partial charge in [0.15, 0.2) is 0 Å². The summed E-state index contributed by atoms with van der Waals surface area (Å²) in [7, 11) is 0. The Morgan fingerprint density at radius 2 is 1.86 bits per heavy atom. The number of anilines is 1. The molecule has 1 fully saturated rings. The highest BCUT2D eigenvalue weighted by Gasteiger charge is 2.26. The molecule has 1 saturated heterocycles. The maximum atomic E-state index is 13.0. The van der Waals surface area contributed by atoms with Gasteiger partial charge in [-0.15, -0.1) is 0 Å². The molecule has 0 bridgehead atoms. The molecule has 0 atom stereocenters. The molecule has 1 aliphatic heterocycles. The van der Waals surface area contributed by atoms with Crippen LogP contribution < -0.4 is 10.6 Å². The zero-order valence-corrected chi connectivity index (χ0v) is 12.8. The fourth-order valence-corrected chi connectivity index (χ4v) is 2.71. The Bertz CT molecular complexity index is 525. The number of hydrogen-bond donors (Lipinski definition) is 1. The Morgan fingerprint density at radius 3 is 2.36 bits per heavy atom. The minimum atomic E-state index is -0.292. The second-order valence-electron chi connectivity index (χ2n) is 5.55. The molecule has 6 heteroatoms. The number of piperidine rings is 1. The maximum Gasteiger partial charge on any atom is 0.242 e. The summed E-state index contributed by atoms with van der Waals surface area (Å²) in [5.41, 5.74) is 6.12. The number of benzene rings is 1. The summed E-state index contributed by atoms with van der Waals surface area (Å²) in [4.78, 5) is 27.2. The van der Waals surface area contributed by atoms with Crippen LogP contribution in [0.1, 0.15) is 19.8 Å². The summed E-state index contributed by atoms with van der Waals surface area (Å²) < 4.78 is 13.0. The molecular formula is C16H22FN3O2. The van der Waals surface area contributed by atoms with Crippen molar-refractivity contribution in [1.82, 2.24) is 4.90 Å². The van der Waals surface area contributed by atoms with E-state index in [-0.39, 0.29) is 30.1 Å². The van der Waals surface area contributed by atoms with E-state index in [4.69, 9.17) is 5.73 Å². The number of carbonyl (C=O) groups is 2. The van der Waals surface area contributed by atoms with Gasteiger partial charge < -0.3 is 15.5 Å². The minimum Gasteiger partial charge on any atom is -0.369 e. The first-order valence-electron chi connectivity index (χ1n) is 7.59. The van der Waals surface area contributed by atoms with Gasteiger partial charge in [0, 0.05) is 31.2 Å². The zero-order chi connectivity index (χ0) is 16.1. The Hall–Kier alpha value is -2.11. The smallest absolute Gasteiger partial charge is 0.242 e. The van der Waals surface area contributed by atoms with Crippen molar-refractivity contribution in [1.29, 1.82) is 0 Å². The summed E-state index contributed by atoms with van der Waals surface area (Å²) in [5, 5.41) is 0. The molecule has 2 rings (SSSR count). The highest BCUT2D eigenvalue weighted by molar-refractivity contribution is 5.82. The average molecular weight is 307 g/mol. The SMILES string of the molecule is CCN(CC(=O)N1CCC(C(N)=O)CC1)c1ccc(F)cc1. The lowest BCUT2D eigenvalue weighted by atomic mass is 9.96. The molecule has 0 radical (unpaired) electrons. The van der Waals surface area contributed by atoms with Crippen molar-refractivity contribution >= 4 is 17.5 Å². The van der Waals surface area contributed by atoms with Crippen molar-refractivity contribution in [3.8, 4) is 0 Å². The fraction of sp³-hybridized carbons (Fsp3) is 0.500. The lowest BCUT2D eigenvalue weighted by molar-refractivity contribution is -0.133. The summed E-state index contributed by atoms with van der Waals surface area (Å²) >= 11 is 0. The van der Waals surface area contributed by atoms with Crippen LogP contribution in [0, 0.1) is 11.7 Å². The monoisotopic (exact) mass is 307 g/mol. The van der Waals surface area contributed by atoms with Crippen LogP contribution in [0.3, 0.4) is 0 Å². The molecule has 120 valence electrons. The van der Waals surface area contributed by atoms with Gasteiger partial charge in [0.1, 0.15) is 5.82 Å². The van der Waals surface area contributed by atoms with E-state index in [9.17, 15) is 14.0 Å². The number of amides is 2. The molecular weight excluding hydrogens is 285 g/mol. The van der Waals surface area contributed by atoms with Gasteiger partial charge in [-0.1, -0.05) is 0 Å². The summed E-state index contributed by atoms with van der Waals surface area (Å²) in [5.74, 6) is -0.675. The quantitative estimate of drug-likeness (QED) is 0.893. The van der Waals surface area contributed by atoms with E-state index < -0.39 is 0 Å². The van der Waals surface area contributed by atoms with Crippen molar-refractivity contribution in [2.24, 2.45) is 11.7 Å². The normalized spacial score (nSPS) is 15.6. The first-order chi connectivity index (χ1) is 10.5. The van der Waals surface area contributed by atoms with E-state index in [0.29, 0.717) is 32.5 Å². The number of nitrogens with zero attached hydrogens (tertiary/aromatic N) is 2. The summed E-state index contributed by atoms with van der Waals surface area (Å²) in [6.45, 7) is 4.00. The van der Waals surface area contributed by atoms with E-state index in [1.54, 1.807) is 17.0 Å². The van der Waals surface area contributed by atoms with Crippen molar-refractivity contribution in [2.45, 2.75) is 19.8 Å². The highest BCUT2D eigenvalue weighted by Crippen LogP contribution is 2.18. The molecule has 0 spiro atoms. The van der Waals surface area contributed by atoms with Gasteiger partial charge in [-0.25, -0.2) is 4.39 Å². The molecule has 0 aliphatic carbocycles. The molecule has 0 unspecified atom stereocenters. The minimum absolute atomic E-state index is 0.0223. The van der Waals surface area contributed by atoms with Crippen molar-refractivity contribution in [3.05, 3.63) is 30.1 Å². The van der Waals surface area contributed by atoms with Crippen molar-refractivity contribution in [2.75, 3.05) is 31.1 Å². The molecule has 1 aliphatic rings. The largest absolute Gasteiger partial charge is 0.369 e. The van der Waals surface area contributed by atoms with Crippen molar-refractivity contribution < 1.29 is 14.0 Å². The number of carbonyl (C=O) groups excluding carboxylic acids is 2. The number of halogens is 1. The maximum absolute atomic E-state index is 13.0. The molecule has 1 heterocycles. The molecule has 22 heavy (non-hydrogen) atoms. The fourth-order valence-electron chi connectivity index (χ4n) is 2.71. The lowest BCUT2D eigenvalue weighted by Gasteiger charge is -2.33. The predicted octanol–water partition coefficient (Wildman–Crippen LogP) is 1.38. The number of primary amides is 1. The predicted molar refractivity (Wildman–Crippen MR) is 82.8 cm³/mol. The van der Waals surface area contributed by atoms with E-state index in [0.717, 1.165) is 5.69 Å². The Morgan fingerprint density at radius 1 is 1.27 bits per heavy atom. The van der Waals surface area contributed by atoms with E-state index >= 15 is 0 Å². The molecule has 2 amide bonds. The molecule has 1 aromatic carbocycles. The van der Waals surface area contributed by atoms with Crippen LogP contribution in [0.2, 0.25) is 0 Å². The molecule has 2 N–H and O–H groups in total. The zero-order valence-electron chi connectivity index (χ0n) is 12.8. The molecule has 5 nitrogen and oxygen atoms in total. The summed E-state index contributed by atoms with van der Waals surface area (Å²) in [6.07, 6.45) is 1.26. The van der Waals surface area contributed by atoms with E-state index in [1.165, 1.54) is 12.1 Å².